The summed E-state index contributed by atoms with van der Waals surface area (Å²) in [5.41, 5.74) is -0.493. The first-order valence-electron chi connectivity index (χ1n) is 15.4. The van der Waals surface area contributed by atoms with E-state index in [0.29, 0.717) is 19.4 Å². The Morgan fingerprint density at radius 2 is 0.914 bits per heavy atom. The first-order chi connectivity index (χ1) is 17.0. The maximum absolute atomic E-state index is 13.4. The quantitative estimate of drug-likeness (QED) is 0.0907. The average Bonchev–Trinajstić information content (AvgIpc) is 2.84. The molecule has 0 spiro atoms. The molecule has 0 saturated carbocycles. The van der Waals surface area contributed by atoms with Crippen LogP contribution in [0, 0.1) is 5.41 Å². The Morgan fingerprint density at radius 1 is 0.543 bits per heavy atom. The van der Waals surface area contributed by atoms with E-state index in [1.165, 1.54) is 83.5 Å². The van der Waals surface area contributed by atoms with Crippen LogP contribution in [-0.4, -0.2) is 23.7 Å². The zero-order valence-electron chi connectivity index (χ0n) is 23.8. The van der Waals surface area contributed by atoms with Gasteiger partial charge in [-0.3, -0.25) is 9.59 Å². The number of unbranched alkanes of at least 4 members (excludes halogenated alkanes) is 16. The van der Waals surface area contributed by atoms with Gasteiger partial charge in [0.15, 0.2) is 0 Å². The summed E-state index contributed by atoms with van der Waals surface area (Å²) in [5.74, 6) is -0.818. The largest absolute Gasteiger partial charge is 0.481 e. The number of esters is 1. The molecule has 0 aliphatic rings. The summed E-state index contributed by atoms with van der Waals surface area (Å²) in [5, 5.41) is 9.18. The Balaban J connectivity index is 4.77. The van der Waals surface area contributed by atoms with Crippen molar-refractivity contribution >= 4 is 11.9 Å². The average molecular weight is 497 g/mol. The second kappa shape index (κ2) is 24.6. The summed E-state index contributed by atoms with van der Waals surface area (Å²) < 4.78 is 5.89. The maximum atomic E-state index is 13.4. The molecule has 4 heteroatoms. The van der Waals surface area contributed by atoms with Gasteiger partial charge in [0.2, 0.25) is 0 Å². The van der Waals surface area contributed by atoms with E-state index in [4.69, 9.17) is 4.74 Å². The number of hydrogen-bond donors (Lipinski definition) is 1. The van der Waals surface area contributed by atoms with Crippen molar-refractivity contribution in [2.75, 3.05) is 6.61 Å². The zero-order valence-corrected chi connectivity index (χ0v) is 23.8. The molecule has 0 aliphatic heterocycles. The van der Waals surface area contributed by atoms with Crippen LogP contribution in [0.2, 0.25) is 0 Å². The lowest BCUT2D eigenvalue weighted by molar-refractivity contribution is -0.158. The molecule has 35 heavy (non-hydrogen) atoms. The van der Waals surface area contributed by atoms with Gasteiger partial charge in [-0.05, 0) is 32.1 Å². The van der Waals surface area contributed by atoms with Gasteiger partial charge in [0.05, 0.1) is 12.0 Å². The molecule has 0 aliphatic carbocycles. The number of hydrogen-bond acceptors (Lipinski definition) is 3. The lowest BCUT2D eigenvalue weighted by Gasteiger charge is -2.32. The number of carboxylic acid groups (broad SMARTS) is 1. The monoisotopic (exact) mass is 496 g/mol. The minimum absolute atomic E-state index is 0.0477. The molecule has 1 N–H and O–H groups in total. The normalized spacial score (nSPS) is 11.6. The molecular formula is C31H60O4. The van der Waals surface area contributed by atoms with Crippen molar-refractivity contribution in [3.63, 3.8) is 0 Å². The summed E-state index contributed by atoms with van der Waals surface area (Å²) in [7, 11) is 0. The van der Waals surface area contributed by atoms with E-state index in [-0.39, 0.29) is 12.4 Å². The molecule has 4 nitrogen and oxygen atoms in total. The fourth-order valence-electron chi connectivity index (χ4n) is 5.12. The predicted octanol–water partition coefficient (Wildman–Crippen LogP) is 10.0. The summed E-state index contributed by atoms with van der Waals surface area (Å²) in [6.07, 6.45) is 26.0. The van der Waals surface area contributed by atoms with Gasteiger partial charge in [-0.2, -0.15) is 0 Å². The van der Waals surface area contributed by atoms with Gasteiger partial charge >= 0.3 is 11.9 Å². The van der Waals surface area contributed by atoms with E-state index in [1.807, 2.05) is 0 Å². The highest BCUT2D eigenvalue weighted by atomic mass is 16.5. The number of rotatable bonds is 27. The Bertz CT molecular complexity index is 474. The van der Waals surface area contributed by atoms with Crippen molar-refractivity contribution in [2.45, 2.75) is 175 Å². The van der Waals surface area contributed by atoms with Crippen molar-refractivity contribution in [1.29, 1.82) is 0 Å². The lowest BCUT2D eigenvalue weighted by Crippen LogP contribution is -2.34. The fourth-order valence-corrected chi connectivity index (χ4v) is 5.12. The number of carbonyl (C=O) groups is 2. The van der Waals surface area contributed by atoms with Gasteiger partial charge in [0.1, 0.15) is 0 Å². The smallest absolute Gasteiger partial charge is 0.312 e. The van der Waals surface area contributed by atoms with Crippen molar-refractivity contribution in [1.82, 2.24) is 0 Å². The Morgan fingerprint density at radius 3 is 1.34 bits per heavy atom. The Labute approximate surface area is 218 Å². The number of carbonyl (C=O) groups excluding carboxylic acids is 1. The van der Waals surface area contributed by atoms with E-state index in [9.17, 15) is 14.7 Å². The second-order valence-corrected chi connectivity index (χ2v) is 10.8. The standard InChI is InChI=1S/C31H60O4/c1-4-7-10-13-14-15-16-19-22-28-35-30(34)31(27-23-24-29(32)33,25-20-17-11-8-5-2)26-21-18-12-9-6-3/h4-28H2,1-3H3,(H,32,33). The van der Waals surface area contributed by atoms with E-state index < -0.39 is 11.4 Å². The number of aliphatic carboxylic acids is 1. The summed E-state index contributed by atoms with van der Waals surface area (Å²) in [4.78, 5) is 24.6. The minimum atomic E-state index is -0.771. The minimum Gasteiger partial charge on any atom is -0.481 e. The van der Waals surface area contributed by atoms with Crippen molar-refractivity contribution < 1.29 is 19.4 Å². The summed E-state index contributed by atoms with van der Waals surface area (Å²) >= 11 is 0. The summed E-state index contributed by atoms with van der Waals surface area (Å²) in [6, 6.07) is 0. The molecule has 0 aromatic carbocycles. The molecule has 0 aromatic rings. The van der Waals surface area contributed by atoms with E-state index in [0.717, 1.165) is 51.4 Å². The molecule has 0 radical (unpaired) electrons. The highest BCUT2D eigenvalue weighted by Crippen LogP contribution is 2.39. The third-order valence-electron chi connectivity index (χ3n) is 7.48. The first-order valence-corrected chi connectivity index (χ1v) is 15.4. The van der Waals surface area contributed by atoms with E-state index in [2.05, 4.69) is 20.8 Å². The fraction of sp³-hybridized carbons (Fsp3) is 0.935. The SMILES string of the molecule is CCCCCCCCCCCOC(=O)C(CCCCCCC)(CCCCCCC)CCCC(=O)O. The van der Waals surface area contributed by atoms with Crippen LogP contribution in [0.5, 0.6) is 0 Å². The van der Waals surface area contributed by atoms with Crippen molar-refractivity contribution in [3.05, 3.63) is 0 Å². The molecule has 0 fully saturated rings. The van der Waals surface area contributed by atoms with Gasteiger partial charge in [0.25, 0.3) is 0 Å². The highest BCUT2D eigenvalue weighted by molar-refractivity contribution is 5.77. The van der Waals surface area contributed by atoms with Crippen molar-refractivity contribution in [2.24, 2.45) is 5.41 Å². The van der Waals surface area contributed by atoms with Gasteiger partial charge in [-0.25, -0.2) is 0 Å². The molecular weight excluding hydrogens is 436 g/mol. The van der Waals surface area contributed by atoms with Crippen LogP contribution in [0.25, 0.3) is 0 Å². The van der Waals surface area contributed by atoms with Crippen molar-refractivity contribution in [3.8, 4) is 0 Å². The highest BCUT2D eigenvalue weighted by Gasteiger charge is 2.38. The molecule has 0 aromatic heterocycles. The van der Waals surface area contributed by atoms with Crippen LogP contribution in [0.3, 0.4) is 0 Å². The van der Waals surface area contributed by atoms with Gasteiger partial charge < -0.3 is 9.84 Å². The van der Waals surface area contributed by atoms with Crippen LogP contribution in [0.15, 0.2) is 0 Å². The first kappa shape index (κ1) is 33.9. The Kier molecular flexibility index (Phi) is 23.9. The molecule has 208 valence electrons. The van der Waals surface area contributed by atoms with Gasteiger partial charge in [-0.15, -0.1) is 0 Å². The molecule has 0 heterocycles. The molecule has 0 saturated heterocycles. The third-order valence-corrected chi connectivity index (χ3v) is 7.48. The van der Waals surface area contributed by atoms with Gasteiger partial charge in [-0.1, -0.05) is 136 Å². The van der Waals surface area contributed by atoms with Crippen LogP contribution >= 0.6 is 0 Å². The lowest BCUT2D eigenvalue weighted by atomic mass is 9.74. The number of ether oxygens (including phenoxy) is 1. The number of carboxylic acids is 1. The van der Waals surface area contributed by atoms with E-state index >= 15 is 0 Å². The molecule has 0 unspecified atom stereocenters. The molecule has 0 atom stereocenters. The zero-order chi connectivity index (χ0) is 26.0. The molecule has 0 bridgehead atoms. The van der Waals surface area contributed by atoms with Crippen LogP contribution in [-0.2, 0) is 14.3 Å². The van der Waals surface area contributed by atoms with E-state index in [1.54, 1.807) is 0 Å². The second-order valence-electron chi connectivity index (χ2n) is 10.8. The van der Waals surface area contributed by atoms with Crippen LogP contribution < -0.4 is 0 Å². The van der Waals surface area contributed by atoms with Crippen LogP contribution in [0.1, 0.15) is 175 Å². The van der Waals surface area contributed by atoms with Gasteiger partial charge in [0, 0.05) is 6.42 Å². The van der Waals surface area contributed by atoms with Crippen LogP contribution in [0.4, 0.5) is 0 Å². The molecule has 0 amide bonds. The third kappa shape index (κ3) is 19.8. The predicted molar refractivity (Wildman–Crippen MR) is 149 cm³/mol. The molecule has 0 rings (SSSR count). The summed E-state index contributed by atoms with van der Waals surface area (Å²) in [6.45, 7) is 7.20. The maximum Gasteiger partial charge on any atom is 0.312 e. The Hall–Kier alpha value is -1.06. The topological polar surface area (TPSA) is 63.6 Å².